The van der Waals surface area contributed by atoms with Crippen LogP contribution in [0.5, 0.6) is 0 Å². The van der Waals surface area contributed by atoms with Gasteiger partial charge in [-0.15, -0.1) is 23.1 Å². The Kier molecular flexibility index (Phi) is 3.85. The molecule has 0 radical (unpaired) electrons. The van der Waals surface area contributed by atoms with Gasteiger partial charge in [0.25, 0.3) is 0 Å². The van der Waals surface area contributed by atoms with E-state index in [4.69, 9.17) is 0 Å². The standard InChI is InChI=1S/C16H15NS2/c1-12-4-2-3-5-14(12)15(16-17-7-9-19-16)10-13-6-8-18-11-13/h2-10,13H,11H2,1H3. The van der Waals surface area contributed by atoms with Crippen LogP contribution in [0.3, 0.4) is 0 Å². The lowest BCUT2D eigenvalue weighted by atomic mass is 9.97. The third kappa shape index (κ3) is 2.82. The number of thioether (sulfide) groups is 1. The largest absolute Gasteiger partial charge is 0.245 e. The Balaban J connectivity index is 2.07. The molecule has 96 valence electrons. The van der Waals surface area contributed by atoms with Crippen LogP contribution in [0, 0.1) is 12.8 Å². The predicted octanol–water partition coefficient (Wildman–Crippen LogP) is 4.76. The number of aryl methyl sites for hydroxylation is 1. The van der Waals surface area contributed by atoms with Crippen LogP contribution >= 0.6 is 23.1 Å². The first-order chi connectivity index (χ1) is 9.34. The fourth-order valence-corrected chi connectivity index (χ4v) is 3.74. The second kappa shape index (κ2) is 5.76. The van der Waals surface area contributed by atoms with Crippen LogP contribution < -0.4 is 0 Å². The van der Waals surface area contributed by atoms with Crippen molar-refractivity contribution in [3.05, 3.63) is 69.5 Å². The van der Waals surface area contributed by atoms with Gasteiger partial charge in [0.1, 0.15) is 5.01 Å². The van der Waals surface area contributed by atoms with Gasteiger partial charge in [0.15, 0.2) is 0 Å². The van der Waals surface area contributed by atoms with E-state index in [1.54, 1.807) is 11.3 Å². The monoisotopic (exact) mass is 285 g/mol. The first-order valence-electron chi connectivity index (χ1n) is 6.30. The summed E-state index contributed by atoms with van der Waals surface area (Å²) in [4.78, 5) is 4.50. The van der Waals surface area contributed by atoms with Crippen molar-refractivity contribution >= 4 is 28.7 Å². The molecule has 2 aromatic rings. The van der Waals surface area contributed by atoms with Gasteiger partial charge in [-0.1, -0.05) is 36.4 Å². The molecule has 1 unspecified atom stereocenters. The highest BCUT2D eigenvalue weighted by Gasteiger charge is 2.14. The van der Waals surface area contributed by atoms with Gasteiger partial charge in [-0.2, -0.15) is 0 Å². The third-order valence-electron chi connectivity index (χ3n) is 3.19. The summed E-state index contributed by atoms with van der Waals surface area (Å²) < 4.78 is 0. The Morgan fingerprint density at radius 1 is 1.37 bits per heavy atom. The minimum Gasteiger partial charge on any atom is -0.245 e. The maximum absolute atomic E-state index is 4.50. The van der Waals surface area contributed by atoms with E-state index in [2.05, 4.69) is 53.7 Å². The van der Waals surface area contributed by atoms with Crippen molar-refractivity contribution in [1.29, 1.82) is 0 Å². The van der Waals surface area contributed by atoms with Gasteiger partial charge < -0.3 is 0 Å². The second-order valence-electron chi connectivity index (χ2n) is 4.56. The van der Waals surface area contributed by atoms with E-state index in [0.717, 1.165) is 10.8 Å². The quantitative estimate of drug-likeness (QED) is 0.806. The summed E-state index contributed by atoms with van der Waals surface area (Å²) in [6, 6.07) is 8.54. The molecule has 19 heavy (non-hydrogen) atoms. The molecule has 0 bridgehead atoms. The van der Waals surface area contributed by atoms with Crippen LogP contribution in [0.15, 0.2) is 53.4 Å². The van der Waals surface area contributed by atoms with E-state index >= 15 is 0 Å². The number of hydrogen-bond acceptors (Lipinski definition) is 3. The first kappa shape index (κ1) is 12.7. The zero-order valence-electron chi connectivity index (χ0n) is 10.7. The minimum absolute atomic E-state index is 0.517. The highest BCUT2D eigenvalue weighted by Crippen LogP contribution is 2.31. The van der Waals surface area contributed by atoms with Gasteiger partial charge in [-0.25, -0.2) is 4.98 Å². The topological polar surface area (TPSA) is 12.9 Å². The third-order valence-corrected chi connectivity index (χ3v) is 4.92. The summed E-state index contributed by atoms with van der Waals surface area (Å²) in [6.45, 7) is 2.16. The molecule has 0 aliphatic carbocycles. The van der Waals surface area contributed by atoms with Crippen molar-refractivity contribution in [3.8, 4) is 0 Å². The number of benzene rings is 1. The zero-order chi connectivity index (χ0) is 13.1. The Morgan fingerprint density at radius 2 is 2.26 bits per heavy atom. The highest BCUT2D eigenvalue weighted by molar-refractivity contribution is 8.02. The van der Waals surface area contributed by atoms with Gasteiger partial charge in [0, 0.05) is 28.8 Å². The minimum atomic E-state index is 0.517. The summed E-state index contributed by atoms with van der Waals surface area (Å²) in [5, 5.41) is 5.35. The number of thiazole rings is 1. The van der Waals surface area contributed by atoms with Crippen molar-refractivity contribution in [2.45, 2.75) is 6.92 Å². The first-order valence-corrected chi connectivity index (χ1v) is 8.23. The van der Waals surface area contributed by atoms with Crippen LogP contribution in [-0.4, -0.2) is 10.7 Å². The van der Waals surface area contributed by atoms with E-state index < -0.39 is 0 Å². The van der Waals surface area contributed by atoms with E-state index in [0.29, 0.717) is 5.92 Å². The molecular weight excluding hydrogens is 270 g/mol. The second-order valence-corrected chi connectivity index (χ2v) is 6.39. The normalized spacial score (nSPS) is 19.0. The van der Waals surface area contributed by atoms with Crippen molar-refractivity contribution < 1.29 is 0 Å². The Morgan fingerprint density at radius 3 is 2.95 bits per heavy atom. The van der Waals surface area contributed by atoms with Crippen molar-refractivity contribution in [2.75, 3.05) is 5.75 Å². The number of aromatic nitrogens is 1. The Hall–Kier alpha value is -1.32. The zero-order valence-corrected chi connectivity index (χ0v) is 12.4. The fraction of sp³-hybridized carbons (Fsp3) is 0.188. The maximum atomic E-state index is 4.50. The fourth-order valence-electron chi connectivity index (χ4n) is 2.20. The molecule has 1 aliphatic rings. The Labute approximate surface area is 122 Å². The summed E-state index contributed by atoms with van der Waals surface area (Å²) in [5.74, 6) is 1.66. The lowest BCUT2D eigenvalue weighted by Crippen LogP contribution is -1.97. The maximum Gasteiger partial charge on any atom is 0.123 e. The van der Waals surface area contributed by atoms with Crippen LogP contribution in [-0.2, 0) is 0 Å². The van der Waals surface area contributed by atoms with Crippen molar-refractivity contribution in [1.82, 2.24) is 4.98 Å². The molecule has 0 N–H and O–H groups in total. The van der Waals surface area contributed by atoms with Crippen LogP contribution in [0.4, 0.5) is 0 Å². The average molecular weight is 285 g/mol. The van der Waals surface area contributed by atoms with E-state index in [9.17, 15) is 0 Å². The Bertz CT molecular complexity index is 611. The van der Waals surface area contributed by atoms with Gasteiger partial charge >= 0.3 is 0 Å². The molecule has 1 aliphatic heterocycles. The van der Waals surface area contributed by atoms with Gasteiger partial charge in [-0.05, 0) is 23.5 Å². The number of allylic oxidation sites excluding steroid dienone is 2. The summed E-state index contributed by atoms with van der Waals surface area (Å²) in [7, 11) is 0. The molecule has 0 amide bonds. The van der Waals surface area contributed by atoms with E-state index in [1.165, 1.54) is 16.7 Å². The molecule has 0 fully saturated rings. The molecule has 0 saturated carbocycles. The van der Waals surface area contributed by atoms with E-state index in [-0.39, 0.29) is 0 Å². The molecule has 1 nitrogen and oxygen atoms in total. The summed E-state index contributed by atoms with van der Waals surface area (Å²) in [5.41, 5.74) is 3.87. The number of hydrogen-bond donors (Lipinski definition) is 0. The SMILES string of the molecule is Cc1ccccc1C(=CC1C=CSC1)c1nccs1. The molecule has 1 aromatic heterocycles. The van der Waals surface area contributed by atoms with Gasteiger partial charge in [-0.3, -0.25) is 0 Å². The van der Waals surface area contributed by atoms with Crippen LogP contribution in [0.2, 0.25) is 0 Å². The number of rotatable bonds is 3. The van der Waals surface area contributed by atoms with Crippen molar-refractivity contribution in [2.24, 2.45) is 5.92 Å². The predicted molar refractivity (Wildman–Crippen MR) is 85.5 cm³/mol. The molecule has 0 spiro atoms. The number of nitrogens with zero attached hydrogens (tertiary/aromatic N) is 1. The van der Waals surface area contributed by atoms with Gasteiger partial charge in [0.05, 0.1) is 0 Å². The highest BCUT2D eigenvalue weighted by atomic mass is 32.2. The lowest BCUT2D eigenvalue weighted by Gasteiger charge is -2.10. The molecule has 3 heteroatoms. The molecule has 2 heterocycles. The average Bonchev–Trinajstić information content (AvgIpc) is 3.10. The smallest absolute Gasteiger partial charge is 0.123 e. The molecule has 0 saturated heterocycles. The van der Waals surface area contributed by atoms with Crippen LogP contribution in [0.1, 0.15) is 16.1 Å². The molecule has 1 aromatic carbocycles. The summed E-state index contributed by atoms with van der Waals surface area (Å²) in [6.07, 6.45) is 6.51. The molecule has 3 rings (SSSR count). The van der Waals surface area contributed by atoms with E-state index in [1.807, 2.05) is 23.3 Å². The summed E-state index contributed by atoms with van der Waals surface area (Å²) >= 11 is 3.59. The van der Waals surface area contributed by atoms with Gasteiger partial charge in [0.2, 0.25) is 0 Å². The van der Waals surface area contributed by atoms with Crippen LogP contribution in [0.25, 0.3) is 5.57 Å². The lowest BCUT2D eigenvalue weighted by molar-refractivity contribution is 0.976. The molecular formula is C16H15NS2. The molecule has 1 atom stereocenters. The van der Waals surface area contributed by atoms with Crippen molar-refractivity contribution in [3.63, 3.8) is 0 Å².